The van der Waals surface area contributed by atoms with E-state index in [1.54, 1.807) is 32.0 Å². The van der Waals surface area contributed by atoms with Gasteiger partial charge in [0.1, 0.15) is 10.1 Å². The molecule has 0 fully saturated rings. The number of aryl methyl sites for hydroxylation is 1. The zero-order valence-electron chi connectivity index (χ0n) is 15.8. The molecular weight excluding hydrogens is 428 g/mol. The smallest absolute Gasteiger partial charge is 0.744 e. The Morgan fingerprint density at radius 3 is 2.39 bits per heavy atom. The molecule has 0 saturated heterocycles. The van der Waals surface area contributed by atoms with Gasteiger partial charge in [-0.25, -0.2) is 8.42 Å². The minimum atomic E-state index is -4.82. The third-order valence-corrected chi connectivity index (χ3v) is 4.43. The SMILES string of the molecule is CC=NN(Nc1cc(Cl)ccc1C)c1ccc(S(=O)(=O)[O-])cc1C(=O)[O-].[Na+].[Na+]. The van der Waals surface area contributed by atoms with Crippen LogP contribution in [0.5, 0.6) is 0 Å². The zero-order chi connectivity index (χ0) is 19.5. The number of carboxylic acid groups (broad SMARTS) is 1. The number of rotatable bonds is 6. The standard InChI is InChI=1S/C16H16ClN3O5S.2Na/c1-3-18-20(19-14-8-11(17)5-4-10(14)2)15-7-6-12(26(23,24)25)9-13(15)16(21)22;;/h3-9,19H,1-2H3,(H,21,22)(H,23,24,25);;/q;2*+1/p-2. The molecule has 0 spiro atoms. The molecule has 28 heavy (non-hydrogen) atoms. The summed E-state index contributed by atoms with van der Waals surface area (Å²) in [4.78, 5) is 10.8. The molecule has 0 saturated carbocycles. The summed E-state index contributed by atoms with van der Waals surface area (Å²) in [6.45, 7) is 3.41. The van der Waals surface area contributed by atoms with E-state index in [4.69, 9.17) is 11.6 Å². The summed E-state index contributed by atoms with van der Waals surface area (Å²) in [7, 11) is -4.82. The average Bonchev–Trinajstić information content (AvgIpc) is 2.56. The van der Waals surface area contributed by atoms with Gasteiger partial charge in [-0.15, -0.1) is 0 Å². The normalized spacial score (nSPS) is 10.7. The minimum absolute atomic E-state index is 0. The number of anilines is 2. The molecule has 12 heteroatoms. The Balaban J connectivity index is 0.00000364. The van der Waals surface area contributed by atoms with Gasteiger partial charge in [0.05, 0.1) is 22.2 Å². The average molecular weight is 442 g/mol. The topological polar surface area (TPSA) is 125 Å². The fraction of sp³-hybridized carbons (Fsp3) is 0.125. The number of hydrogen-bond donors (Lipinski definition) is 1. The zero-order valence-corrected chi connectivity index (χ0v) is 21.3. The van der Waals surface area contributed by atoms with Crippen LogP contribution >= 0.6 is 11.6 Å². The summed E-state index contributed by atoms with van der Waals surface area (Å²) in [6.07, 6.45) is 1.39. The molecule has 0 atom stereocenters. The molecule has 0 aliphatic heterocycles. The van der Waals surface area contributed by atoms with Gasteiger partial charge < -0.3 is 14.5 Å². The van der Waals surface area contributed by atoms with E-state index in [2.05, 4.69) is 10.5 Å². The molecule has 2 aromatic carbocycles. The molecular formula is C16H14ClN3Na2O5S. The number of aromatic carboxylic acids is 1. The fourth-order valence-corrected chi connectivity index (χ4v) is 2.78. The van der Waals surface area contributed by atoms with Crippen LogP contribution in [0.15, 0.2) is 46.4 Å². The maximum absolute atomic E-state index is 11.4. The summed E-state index contributed by atoms with van der Waals surface area (Å²) in [6, 6.07) is 7.94. The third-order valence-electron chi connectivity index (χ3n) is 3.36. The van der Waals surface area contributed by atoms with Gasteiger partial charge in [-0.2, -0.15) is 10.2 Å². The number of carboxylic acids is 1. The molecule has 1 N–H and O–H groups in total. The summed E-state index contributed by atoms with van der Waals surface area (Å²) >= 11 is 5.97. The number of benzene rings is 2. The van der Waals surface area contributed by atoms with Crippen LogP contribution in [0.4, 0.5) is 11.4 Å². The van der Waals surface area contributed by atoms with Crippen molar-refractivity contribution in [3.05, 3.63) is 52.5 Å². The van der Waals surface area contributed by atoms with Crippen molar-refractivity contribution in [3.8, 4) is 0 Å². The van der Waals surface area contributed by atoms with Crippen LogP contribution < -0.4 is 74.8 Å². The Bertz CT molecular complexity index is 986. The first-order valence-corrected chi connectivity index (χ1v) is 9.05. The third kappa shape index (κ3) is 7.01. The number of carbonyl (C=O) groups excluding carboxylic acids is 1. The molecule has 8 nitrogen and oxygen atoms in total. The van der Waals surface area contributed by atoms with Crippen molar-refractivity contribution >= 4 is 45.3 Å². The first-order chi connectivity index (χ1) is 12.1. The van der Waals surface area contributed by atoms with E-state index in [1.807, 2.05) is 0 Å². The predicted molar refractivity (Wildman–Crippen MR) is 95.2 cm³/mol. The van der Waals surface area contributed by atoms with Crippen LogP contribution in [0.25, 0.3) is 0 Å². The van der Waals surface area contributed by atoms with Crippen LogP contribution in [-0.4, -0.2) is 25.2 Å². The summed E-state index contributed by atoms with van der Waals surface area (Å²) in [5, 5.41) is 17.0. The second-order valence-electron chi connectivity index (χ2n) is 5.18. The van der Waals surface area contributed by atoms with Crippen molar-refractivity contribution in [3.63, 3.8) is 0 Å². The van der Waals surface area contributed by atoms with E-state index < -0.39 is 26.5 Å². The van der Waals surface area contributed by atoms with Crippen LogP contribution in [0.3, 0.4) is 0 Å². The van der Waals surface area contributed by atoms with Crippen LogP contribution in [-0.2, 0) is 10.1 Å². The maximum Gasteiger partial charge on any atom is 1.00 e. The van der Waals surface area contributed by atoms with Crippen LogP contribution in [0, 0.1) is 6.92 Å². The van der Waals surface area contributed by atoms with Crippen molar-refractivity contribution < 1.29 is 82.0 Å². The Morgan fingerprint density at radius 2 is 1.86 bits per heavy atom. The van der Waals surface area contributed by atoms with Crippen LogP contribution in [0.1, 0.15) is 22.8 Å². The number of halogens is 1. The molecule has 0 aromatic heterocycles. The van der Waals surface area contributed by atoms with Gasteiger partial charge >= 0.3 is 59.1 Å². The van der Waals surface area contributed by atoms with Gasteiger partial charge in [0.25, 0.3) is 0 Å². The first kappa shape index (κ1) is 27.4. The van der Waals surface area contributed by atoms with Gasteiger partial charge in [0, 0.05) is 16.8 Å². The van der Waals surface area contributed by atoms with Crippen molar-refractivity contribution in [2.24, 2.45) is 5.10 Å². The Morgan fingerprint density at radius 1 is 1.21 bits per heavy atom. The largest absolute Gasteiger partial charge is 1.00 e. The summed E-state index contributed by atoms with van der Waals surface area (Å²) in [5.74, 6) is -1.66. The second kappa shape index (κ2) is 11.5. The number of nitrogens with one attached hydrogen (secondary N) is 1. The molecule has 0 heterocycles. The van der Waals surface area contributed by atoms with E-state index >= 15 is 0 Å². The predicted octanol–water partition coefficient (Wildman–Crippen LogP) is -4.24. The number of nitrogens with zero attached hydrogens (tertiary/aromatic N) is 2. The van der Waals surface area contributed by atoms with Gasteiger partial charge in [0.2, 0.25) is 0 Å². The van der Waals surface area contributed by atoms with Crippen molar-refractivity contribution in [2.75, 3.05) is 10.5 Å². The van der Waals surface area contributed by atoms with E-state index in [0.717, 1.165) is 28.9 Å². The number of carbonyl (C=O) groups is 1. The van der Waals surface area contributed by atoms with Crippen LogP contribution in [0.2, 0.25) is 5.02 Å². The molecule has 0 aliphatic carbocycles. The Labute approximate surface area is 212 Å². The number of hydrazone groups is 1. The van der Waals surface area contributed by atoms with Crippen molar-refractivity contribution in [1.29, 1.82) is 0 Å². The van der Waals surface area contributed by atoms with Gasteiger partial charge in [-0.1, -0.05) is 17.7 Å². The Kier molecular flexibility index (Phi) is 11.3. The molecule has 2 rings (SSSR count). The summed E-state index contributed by atoms with van der Waals surface area (Å²) in [5.41, 5.74) is 3.71. The maximum atomic E-state index is 11.4. The first-order valence-electron chi connectivity index (χ1n) is 7.26. The van der Waals surface area contributed by atoms with Gasteiger partial charge in [-0.3, -0.25) is 5.43 Å². The molecule has 0 bridgehead atoms. The molecule has 0 unspecified atom stereocenters. The van der Waals surface area contributed by atoms with Gasteiger partial charge in [-0.05, 0) is 49.7 Å². The number of hydrogen-bond acceptors (Lipinski definition) is 8. The minimum Gasteiger partial charge on any atom is -0.744 e. The Hall–Kier alpha value is -0.620. The molecule has 2 aromatic rings. The number of hydrazine groups is 1. The van der Waals surface area contributed by atoms with E-state index in [1.165, 1.54) is 6.21 Å². The molecule has 138 valence electrons. The van der Waals surface area contributed by atoms with E-state index in [0.29, 0.717) is 10.7 Å². The monoisotopic (exact) mass is 441 g/mol. The van der Waals surface area contributed by atoms with Gasteiger partial charge in [0.15, 0.2) is 0 Å². The van der Waals surface area contributed by atoms with E-state index in [9.17, 15) is 22.9 Å². The van der Waals surface area contributed by atoms with Crippen molar-refractivity contribution in [1.82, 2.24) is 0 Å². The molecule has 0 aliphatic rings. The molecule has 0 amide bonds. The second-order valence-corrected chi connectivity index (χ2v) is 6.99. The molecule has 0 radical (unpaired) electrons. The quantitative estimate of drug-likeness (QED) is 0.208. The summed E-state index contributed by atoms with van der Waals surface area (Å²) < 4.78 is 33.4. The van der Waals surface area contributed by atoms with E-state index in [-0.39, 0.29) is 64.8 Å². The fourth-order valence-electron chi connectivity index (χ4n) is 2.11. The van der Waals surface area contributed by atoms with Crippen molar-refractivity contribution in [2.45, 2.75) is 18.7 Å².